The van der Waals surface area contributed by atoms with Crippen molar-refractivity contribution in [3.63, 3.8) is 0 Å². The number of rotatable bonds is 7. The lowest BCUT2D eigenvalue weighted by Crippen LogP contribution is -2.30. The molecule has 33 heavy (non-hydrogen) atoms. The summed E-state index contributed by atoms with van der Waals surface area (Å²) >= 11 is 1.06. The lowest BCUT2D eigenvalue weighted by Gasteiger charge is -2.16. The molecule has 0 aliphatic heterocycles. The first-order valence-electron chi connectivity index (χ1n) is 10.00. The maximum Gasteiger partial charge on any atom is 0.341 e. The normalized spacial score (nSPS) is 12.2. The molecule has 168 valence electrons. The van der Waals surface area contributed by atoms with E-state index in [1.54, 1.807) is 29.6 Å². The summed E-state index contributed by atoms with van der Waals surface area (Å²) in [6, 6.07) is 22.3. The maximum atomic E-state index is 12.8. The summed E-state index contributed by atoms with van der Waals surface area (Å²) in [6.45, 7) is 1.46. The molecule has 7 nitrogen and oxygen atoms in total. The van der Waals surface area contributed by atoms with Gasteiger partial charge in [-0.25, -0.2) is 13.2 Å². The van der Waals surface area contributed by atoms with Crippen LogP contribution in [-0.2, 0) is 19.6 Å². The molecular formula is C24H20N2O5S2. The highest BCUT2D eigenvalue weighted by Crippen LogP contribution is 2.25. The zero-order valence-corrected chi connectivity index (χ0v) is 19.2. The Labute approximate surface area is 195 Å². The third-order valence-electron chi connectivity index (χ3n) is 4.85. The average Bonchev–Trinajstić information content (AvgIpc) is 3.35. The second kappa shape index (κ2) is 9.43. The number of benzene rings is 3. The molecule has 4 aromatic rings. The Balaban J connectivity index is 1.48. The summed E-state index contributed by atoms with van der Waals surface area (Å²) < 4.78 is 33.0. The molecule has 1 atom stereocenters. The molecule has 0 fully saturated rings. The van der Waals surface area contributed by atoms with E-state index in [1.807, 2.05) is 36.4 Å². The Hall–Kier alpha value is -3.69. The molecular weight excluding hydrogens is 460 g/mol. The minimum atomic E-state index is -3.85. The molecule has 0 spiro atoms. The molecule has 1 amide bonds. The second-order valence-electron chi connectivity index (χ2n) is 7.15. The van der Waals surface area contributed by atoms with Crippen molar-refractivity contribution >= 4 is 55.4 Å². The van der Waals surface area contributed by atoms with Gasteiger partial charge >= 0.3 is 5.97 Å². The van der Waals surface area contributed by atoms with Gasteiger partial charge in [-0.2, -0.15) is 0 Å². The lowest BCUT2D eigenvalue weighted by molar-refractivity contribution is -0.123. The van der Waals surface area contributed by atoms with Gasteiger partial charge < -0.3 is 10.1 Å². The Kier molecular flexibility index (Phi) is 6.43. The van der Waals surface area contributed by atoms with Gasteiger partial charge in [0.25, 0.3) is 15.9 Å². The molecule has 9 heteroatoms. The fourth-order valence-electron chi connectivity index (χ4n) is 3.21. The number of sulfonamides is 1. The number of anilines is 2. The van der Waals surface area contributed by atoms with Gasteiger partial charge in [-0.3, -0.25) is 9.52 Å². The number of carbonyl (C=O) groups is 2. The number of para-hydroxylation sites is 1. The monoisotopic (exact) mass is 480 g/mol. The van der Waals surface area contributed by atoms with Crippen molar-refractivity contribution in [2.75, 3.05) is 10.0 Å². The summed E-state index contributed by atoms with van der Waals surface area (Å²) in [6.07, 6.45) is -1.11. The van der Waals surface area contributed by atoms with Gasteiger partial charge in [-0.15, -0.1) is 11.3 Å². The lowest BCUT2D eigenvalue weighted by atomic mass is 10.1. The smallest absolute Gasteiger partial charge is 0.341 e. The Bertz CT molecular complexity index is 1410. The van der Waals surface area contributed by atoms with Gasteiger partial charge in [-0.1, -0.05) is 54.6 Å². The predicted molar refractivity (Wildman–Crippen MR) is 129 cm³/mol. The van der Waals surface area contributed by atoms with E-state index in [2.05, 4.69) is 10.0 Å². The van der Waals surface area contributed by atoms with E-state index in [4.69, 9.17) is 4.74 Å². The summed E-state index contributed by atoms with van der Waals surface area (Å²) in [5.74, 6) is -1.32. The van der Waals surface area contributed by atoms with E-state index >= 15 is 0 Å². The summed E-state index contributed by atoms with van der Waals surface area (Å²) in [4.78, 5) is 25.5. The van der Waals surface area contributed by atoms with Crippen molar-refractivity contribution in [3.8, 4) is 0 Å². The first-order chi connectivity index (χ1) is 15.8. The number of hydrogen-bond donors (Lipinski definition) is 2. The van der Waals surface area contributed by atoms with E-state index < -0.39 is 28.0 Å². The van der Waals surface area contributed by atoms with Crippen LogP contribution in [0.25, 0.3) is 10.8 Å². The SMILES string of the molecule is CC(OC(=O)c1ccccc1NS(=O)(=O)c1cccs1)C(=O)Nc1cccc2ccccc12. The molecule has 0 bridgehead atoms. The van der Waals surface area contributed by atoms with E-state index in [9.17, 15) is 18.0 Å². The first kappa shape index (κ1) is 22.5. The van der Waals surface area contributed by atoms with Crippen LogP contribution in [0.5, 0.6) is 0 Å². The van der Waals surface area contributed by atoms with Crippen LogP contribution in [0.15, 0.2) is 88.5 Å². The van der Waals surface area contributed by atoms with E-state index in [-0.39, 0.29) is 15.5 Å². The molecule has 0 radical (unpaired) electrons. The number of esters is 1. The number of carbonyl (C=O) groups excluding carboxylic acids is 2. The number of amides is 1. The zero-order chi connectivity index (χ0) is 23.4. The van der Waals surface area contributed by atoms with Gasteiger partial charge in [0.1, 0.15) is 4.21 Å². The molecule has 0 aliphatic rings. The minimum Gasteiger partial charge on any atom is -0.449 e. The Morgan fingerprint density at radius 1 is 0.879 bits per heavy atom. The Morgan fingerprint density at radius 3 is 2.36 bits per heavy atom. The molecule has 1 aromatic heterocycles. The van der Waals surface area contributed by atoms with Gasteiger partial charge in [0.15, 0.2) is 6.10 Å². The summed E-state index contributed by atoms with van der Waals surface area (Å²) in [7, 11) is -3.85. The van der Waals surface area contributed by atoms with E-state index in [1.165, 1.54) is 25.1 Å². The molecule has 0 saturated heterocycles. The van der Waals surface area contributed by atoms with Gasteiger partial charge in [0, 0.05) is 11.1 Å². The molecule has 2 N–H and O–H groups in total. The van der Waals surface area contributed by atoms with Crippen LogP contribution in [0.1, 0.15) is 17.3 Å². The quantitative estimate of drug-likeness (QED) is 0.367. The third-order valence-corrected chi connectivity index (χ3v) is 7.61. The Morgan fingerprint density at radius 2 is 1.58 bits per heavy atom. The van der Waals surface area contributed by atoms with Crippen LogP contribution in [-0.4, -0.2) is 26.4 Å². The number of fused-ring (bicyclic) bond motifs is 1. The molecule has 1 unspecified atom stereocenters. The van der Waals surface area contributed by atoms with Crippen molar-refractivity contribution in [2.45, 2.75) is 17.2 Å². The van der Waals surface area contributed by atoms with Crippen molar-refractivity contribution in [1.82, 2.24) is 0 Å². The van der Waals surface area contributed by atoms with Crippen LogP contribution in [0, 0.1) is 0 Å². The van der Waals surface area contributed by atoms with Crippen LogP contribution < -0.4 is 10.0 Å². The first-order valence-corrected chi connectivity index (χ1v) is 12.4. The highest BCUT2D eigenvalue weighted by molar-refractivity contribution is 7.94. The number of thiophene rings is 1. The van der Waals surface area contributed by atoms with Crippen molar-refractivity contribution in [1.29, 1.82) is 0 Å². The average molecular weight is 481 g/mol. The van der Waals surface area contributed by atoms with Crippen LogP contribution in [0.4, 0.5) is 11.4 Å². The van der Waals surface area contributed by atoms with Crippen LogP contribution in [0.3, 0.4) is 0 Å². The van der Waals surface area contributed by atoms with Crippen molar-refractivity contribution in [2.24, 2.45) is 0 Å². The highest BCUT2D eigenvalue weighted by Gasteiger charge is 2.24. The molecule has 0 saturated carbocycles. The number of ether oxygens (including phenoxy) is 1. The number of nitrogens with one attached hydrogen (secondary N) is 2. The molecule has 1 heterocycles. The van der Waals surface area contributed by atoms with Gasteiger partial charge in [-0.05, 0) is 42.0 Å². The van der Waals surface area contributed by atoms with E-state index in [0.717, 1.165) is 22.1 Å². The van der Waals surface area contributed by atoms with Crippen molar-refractivity contribution in [3.05, 3.63) is 89.8 Å². The predicted octanol–water partition coefficient (Wildman–Crippen LogP) is 4.89. The largest absolute Gasteiger partial charge is 0.449 e. The standard InChI is InChI=1S/C24H20N2O5S2/c1-16(23(27)25-20-13-6-9-17-8-2-3-10-18(17)20)31-24(28)19-11-4-5-12-21(19)26-33(29,30)22-14-7-15-32-22/h2-16,26H,1H3,(H,25,27). The topological polar surface area (TPSA) is 102 Å². The molecule has 0 aliphatic carbocycles. The molecule has 4 rings (SSSR count). The highest BCUT2D eigenvalue weighted by atomic mass is 32.2. The third kappa shape index (κ3) is 5.05. The summed E-state index contributed by atoms with van der Waals surface area (Å²) in [5.41, 5.74) is 0.671. The van der Waals surface area contributed by atoms with Crippen LogP contribution >= 0.6 is 11.3 Å². The summed E-state index contributed by atoms with van der Waals surface area (Å²) in [5, 5.41) is 6.26. The fraction of sp³-hybridized carbons (Fsp3) is 0.0833. The van der Waals surface area contributed by atoms with Gasteiger partial charge in [0.2, 0.25) is 0 Å². The zero-order valence-electron chi connectivity index (χ0n) is 17.5. The van der Waals surface area contributed by atoms with Crippen molar-refractivity contribution < 1.29 is 22.7 Å². The molecule has 3 aromatic carbocycles. The fourth-order valence-corrected chi connectivity index (χ4v) is 5.28. The second-order valence-corrected chi connectivity index (χ2v) is 10.0. The van der Waals surface area contributed by atoms with E-state index in [0.29, 0.717) is 5.69 Å². The number of hydrogen-bond acceptors (Lipinski definition) is 6. The maximum absolute atomic E-state index is 12.8. The van der Waals surface area contributed by atoms with Crippen LogP contribution in [0.2, 0.25) is 0 Å². The minimum absolute atomic E-state index is 0.00226. The van der Waals surface area contributed by atoms with Gasteiger partial charge in [0.05, 0.1) is 11.3 Å².